The van der Waals surface area contributed by atoms with E-state index in [2.05, 4.69) is 0 Å². The smallest absolute Gasteiger partial charge is 0.303 e. The van der Waals surface area contributed by atoms with Gasteiger partial charge in [0.15, 0.2) is 36.8 Å². The molecule has 2 saturated heterocycles. The highest BCUT2D eigenvalue weighted by Crippen LogP contribution is 2.45. The lowest BCUT2D eigenvalue weighted by Gasteiger charge is -2.57. The van der Waals surface area contributed by atoms with Crippen LogP contribution in [-0.2, 0) is 76.2 Å². The van der Waals surface area contributed by atoms with Crippen molar-refractivity contribution in [3.05, 3.63) is 0 Å². The number of rotatable bonds is 10. The number of carbonyl (C=O) groups excluding carboxylic acids is 7. The van der Waals surface area contributed by atoms with Crippen molar-refractivity contribution in [2.75, 3.05) is 13.2 Å². The van der Waals surface area contributed by atoms with Crippen LogP contribution in [0.25, 0.3) is 0 Å². The monoisotopic (exact) mass is 636 g/mol. The normalized spacial score (nSPS) is 33.2. The number of esters is 7. The molecule has 0 aliphatic carbocycles. The summed E-state index contributed by atoms with van der Waals surface area (Å²) < 4.78 is 49.2. The fraction of sp³-hybridized carbons (Fsp3) is 0.731. The predicted octanol–water partition coefficient (Wildman–Crippen LogP) is -2.01. The number of aliphatic hydroxyl groups excluding tert-OH is 2. The van der Waals surface area contributed by atoms with Crippen LogP contribution in [0.5, 0.6) is 0 Å². The summed E-state index contributed by atoms with van der Waals surface area (Å²) >= 11 is 0. The summed E-state index contributed by atoms with van der Waals surface area (Å²) in [5.41, 5.74) is -2.68. The third kappa shape index (κ3) is 8.61. The Morgan fingerprint density at radius 3 is 1.55 bits per heavy atom. The SMILES string of the molecule is CC(=O)OC[C@H]1O[C@@H]([C@]2(OC(C)=O)[C@H](OC(C)=O)[C@@H](OC(C)=O)[C@@H](O)O[C@@H]2CO)[C@H](OC(C)=O)[C@@H](OC(C)=O)[C@H]1OC(C)=O. The Labute approximate surface area is 251 Å². The molecule has 0 aromatic carbocycles. The van der Waals surface area contributed by atoms with Crippen LogP contribution >= 0.6 is 0 Å². The van der Waals surface area contributed by atoms with E-state index in [0.29, 0.717) is 0 Å². The lowest BCUT2D eigenvalue weighted by atomic mass is 9.74. The fourth-order valence-corrected chi connectivity index (χ4v) is 5.14. The zero-order chi connectivity index (χ0) is 33.5. The van der Waals surface area contributed by atoms with Crippen LogP contribution in [0.4, 0.5) is 0 Å². The quantitative estimate of drug-likeness (QED) is 0.194. The molecular weight excluding hydrogens is 600 g/mol. The van der Waals surface area contributed by atoms with Crippen molar-refractivity contribution >= 4 is 41.8 Å². The van der Waals surface area contributed by atoms with Gasteiger partial charge in [-0.2, -0.15) is 0 Å². The highest BCUT2D eigenvalue weighted by molar-refractivity contribution is 5.70. The van der Waals surface area contributed by atoms with Gasteiger partial charge >= 0.3 is 41.8 Å². The topological polar surface area (TPSA) is 243 Å². The van der Waals surface area contributed by atoms with Gasteiger partial charge in [-0.05, 0) is 0 Å². The summed E-state index contributed by atoms with van der Waals surface area (Å²) in [4.78, 5) is 85.7. The molecule has 2 rings (SSSR count). The van der Waals surface area contributed by atoms with E-state index in [1.54, 1.807) is 0 Å². The first-order valence-electron chi connectivity index (χ1n) is 13.2. The van der Waals surface area contributed by atoms with Crippen LogP contribution in [0.3, 0.4) is 0 Å². The molecule has 0 spiro atoms. The predicted molar refractivity (Wildman–Crippen MR) is 136 cm³/mol. The molecule has 0 radical (unpaired) electrons. The third-order valence-corrected chi connectivity index (χ3v) is 6.35. The van der Waals surface area contributed by atoms with Crippen LogP contribution in [-0.4, -0.2) is 126 Å². The largest absolute Gasteiger partial charge is 0.463 e. The molecule has 2 fully saturated rings. The van der Waals surface area contributed by atoms with E-state index in [0.717, 1.165) is 48.5 Å². The summed E-state index contributed by atoms with van der Waals surface area (Å²) in [5.74, 6) is -6.98. The molecule has 18 nitrogen and oxygen atoms in total. The Morgan fingerprint density at radius 1 is 0.614 bits per heavy atom. The van der Waals surface area contributed by atoms with Crippen molar-refractivity contribution in [3.8, 4) is 0 Å². The van der Waals surface area contributed by atoms with Gasteiger partial charge in [-0.25, -0.2) is 0 Å². The van der Waals surface area contributed by atoms with Crippen molar-refractivity contribution in [1.29, 1.82) is 0 Å². The first kappa shape index (κ1) is 36.3. The minimum Gasteiger partial charge on any atom is -0.463 e. The van der Waals surface area contributed by atoms with Gasteiger partial charge < -0.3 is 52.8 Å². The van der Waals surface area contributed by atoms with Crippen molar-refractivity contribution < 1.29 is 86.4 Å². The molecule has 10 atom stereocenters. The standard InChI is InChI=1S/C26H36O18/c1-10(28)36-9-17-19(37-11(2)29)20(38-12(3)30)21(39-13(4)31)23(42-17)26(44-16(7)34)18(8-27)43-25(35)22(40-14(5)32)24(26)41-15(6)33/h17-25,27,35H,8-9H2,1-7H3/t17-,18-,19+,20+,21-,22-,23-,24-,25+,26+/m1/s1. The maximum absolute atomic E-state index is 12.7. The zero-order valence-electron chi connectivity index (χ0n) is 25.0. The number of hydrogen-bond donors (Lipinski definition) is 2. The van der Waals surface area contributed by atoms with E-state index < -0.39 is 116 Å². The van der Waals surface area contributed by atoms with Crippen molar-refractivity contribution in [1.82, 2.24) is 0 Å². The van der Waals surface area contributed by atoms with Gasteiger partial charge in [0.1, 0.15) is 24.9 Å². The molecule has 0 unspecified atom stereocenters. The molecule has 18 heteroatoms. The Kier molecular flexibility index (Phi) is 12.6. The molecule has 0 bridgehead atoms. The number of carbonyl (C=O) groups is 7. The molecule has 44 heavy (non-hydrogen) atoms. The highest BCUT2D eigenvalue weighted by Gasteiger charge is 2.71. The summed E-state index contributed by atoms with van der Waals surface area (Å²) in [5, 5.41) is 21.2. The molecule has 2 N–H and O–H groups in total. The van der Waals surface area contributed by atoms with Crippen LogP contribution in [0.15, 0.2) is 0 Å². The second-order valence-corrected chi connectivity index (χ2v) is 9.87. The number of ether oxygens (including phenoxy) is 9. The Balaban J connectivity index is 3.00. The summed E-state index contributed by atoms with van der Waals surface area (Å²) in [6.45, 7) is 4.94. The maximum atomic E-state index is 12.7. The highest BCUT2D eigenvalue weighted by atomic mass is 16.7. The average molecular weight is 637 g/mol. The molecule has 2 aliphatic rings. The van der Waals surface area contributed by atoms with Crippen molar-refractivity contribution in [3.63, 3.8) is 0 Å². The molecule has 0 aromatic rings. The van der Waals surface area contributed by atoms with E-state index in [4.69, 9.17) is 42.6 Å². The second kappa shape index (κ2) is 15.2. The average Bonchev–Trinajstić information content (AvgIpc) is 2.87. The Hall–Kier alpha value is -3.87. The molecule has 0 aromatic heterocycles. The van der Waals surface area contributed by atoms with Gasteiger partial charge in [-0.1, -0.05) is 0 Å². The minimum atomic E-state index is -2.68. The summed E-state index contributed by atoms with van der Waals surface area (Å²) in [6, 6.07) is 0. The lowest BCUT2D eigenvalue weighted by molar-refractivity contribution is -0.369. The number of aliphatic hydroxyl groups is 2. The molecule has 0 amide bonds. The van der Waals surface area contributed by atoms with Gasteiger partial charge in [0.05, 0.1) is 6.61 Å². The Bertz CT molecular complexity index is 1120. The van der Waals surface area contributed by atoms with Crippen LogP contribution in [0.2, 0.25) is 0 Å². The lowest BCUT2D eigenvalue weighted by Crippen LogP contribution is -2.79. The molecule has 2 aliphatic heterocycles. The minimum absolute atomic E-state index is 0.691. The fourth-order valence-electron chi connectivity index (χ4n) is 5.14. The van der Waals surface area contributed by atoms with Crippen LogP contribution < -0.4 is 0 Å². The van der Waals surface area contributed by atoms with E-state index in [-0.39, 0.29) is 0 Å². The van der Waals surface area contributed by atoms with E-state index >= 15 is 0 Å². The summed E-state index contributed by atoms with van der Waals surface area (Å²) in [7, 11) is 0. The maximum Gasteiger partial charge on any atom is 0.303 e. The second-order valence-electron chi connectivity index (χ2n) is 9.87. The first-order valence-corrected chi connectivity index (χ1v) is 13.2. The van der Waals surface area contributed by atoms with Gasteiger partial charge in [-0.3, -0.25) is 33.6 Å². The van der Waals surface area contributed by atoms with E-state index in [1.165, 1.54) is 0 Å². The van der Waals surface area contributed by atoms with Crippen LogP contribution in [0, 0.1) is 0 Å². The summed E-state index contributed by atoms with van der Waals surface area (Å²) in [6.07, 6.45) is -16.9. The van der Waals surface area contributed by atoms with Gasteiger partial charge in [-0.15, -0.1) is 0 Å². The first-order chi connectivity index (χ1) is 20.4. The van der Waals surface area contributed by atoms with Gasteiger partial charge in [0, 0.05) is 48.5 Å². The zero-order valence-corrected chi connectivity index (χ0v) is 25.0. The molecule has 2 heterocycles. The van der Waals surface area contributed by atoms with Crippen molar-refractivity contribution in [2.24, 2.45) is 0 Å². The molecule has 248 valence electrons. The van der Waals surface area contributed by atoms with Crippen LogP contribution in [0.1, 0.15) is 48.5 Å². The Morgan fingerprint density at radius 2 is 1.09 bits per heavy atom. The van der Waals surface area contributed by atoms with E-state index in [1.807, 2.05) is 0 Å². The molecule has 0 saturated carbocycles. The van der Waals surface area contributed by atoms with E-state index in [9.17, 15) is 43.8 Å². The number of hydrogen-bond acceptors (Lipinski definition) is 18. The van der Waals surface area contributed by atoms with Crippen molar-refractivity contribution in [2.45, 2.75) is 109 Å². The third-order valence-electron chi connectivity index (χ3n) is 6.35. The van der Waals surface area contributed by atoms with Gasteiger partial charge in [0.2, 0.25) is 5.60 Å². The molecular formula is C26H36O18. The van der Waals surface area contributed by atoms with Gasteiger partial charge in [0.25, 0.3) is 0 Å².